The third-order valence-electron chi connectivity index (χ3n) is 4.59. The molecule has 1 unspecified atom stereocenters. The molecule has 0 fully saturated rings. The van der Waals surface area contributed by atoms with Gasteiger partial charge in [0.05, 0.1) is 0 Å². The minimum Gasteiger partial charge on any atom is -0.367 e. The van der Waals surface area contributed by atoms with Gasteiger partial charge in [-0.3, -0.25) is 0 Å². The predicted molar refractivity (Wildman–Crippen MR) is 92.9 cm³/mol. The van der Waals surface area contributed by atoms with E-state index in [1.807, 2.05) is 7.05 Å². The second-order valence-electron chi connectivity index (χ2n) is 7.02. The molecule has 2 nitrogen and oxygen atoms in total. The summed E-state index contributed by atoms with van der Waals surface area (Å²) in [7, 11) is 2.03. The molecule has 1 aromatic carbocycles. The quantitative estimate of drug-likeness (QED) is 0.817. The van der Waals surface area contributed by atoms with Gasteiger partial charge in [0.2, 0.25) is 0 Å². The molecule has 1 aromatic rings. The van der Waals surface area contributed by atoms with Crippen molar-refractivity contribution >= 4 is 5.69 Å². The van der Waals surface area contributed by atoms with Crippen LogP contribution in [0.25, 0.3) is 0 Å². The van der Waals surface area contributed by atoms with Crippen LogP contribution >= 0.6 is 0 Å². The second-order valence-corrected chi connectivity index (χ2v) is 7.02. The summed E-state index contributed by atoms with van der Waals surface area (Å²) in [4.78, 5) is 2.47. The Balaban J connectivity index is 2.06. The van der Waals surface area contributed by atoms with Crippen LogP contribution in [0, 0.1) is 5.41 Å². The van der Waals surface area contributed by atoms with E-state index >= 15 is 0 Å². The van der Waals surface area contributed by atoms with Crippen molar-refractivity contribution in [3.63, 3.8) is 0 Å². The zero-order chi connectivity index (χ0) is 15.5. The molecular formula is C19H30N2. The van der Waals surface area contributed by atoms with Crippen LogP contribution in [0.2, 0.25) is 0 Å². The van der Waals surface area contributed by atoms with Crippen LogP contribution in [-0.2, 0) is 0 Å². The summed E-state index contributed by atoms with van der Waals surface area (Å²) in [5, 5.41) is 3.37. The Morgan fingerprint density at radius 2 is 1.86 bits per heavy atom. The van der Waals surface area contributed by atoms with Crippen molar-refractivity contribution < 1.29 is 0 Å². The van der Waals surface area contributed by atoms with Gasteiger partial charge < -0.3 is 10.2 Å². The number of hydrogen-bond acceptors (Lipinski definition) is 2. The van der Waals surface area contributed by atoms with E-state index in [0.717, 1.165) is 19.5 Å². The second kappa shape index (κ2) is 6.65. The van der Waals surface area contributed by atoms with E-state index in [9.17, 15) is 0 Å². The minimum absolute atomic E-state index is 0.317. The van der Waals surface area contributed by atoms with Crippen LogP contribution in [0.4, 0.5) is 5.69 Å². The molecule has 1 N–H and O–H groups in total. The molecule has 1 aliphatic rings. The van der Waals surface area contributed by atoms with E-state index in [-0.39, 0.29) is 0 Å². The molecular weight excluding hydrogens is 256 g/mol. The molecule has 1 aliphatic heterocycles. The van der Waals surface area contributed by atoms with Crippen LogP contribution in [0.1, 0.15) is 52.1 Å². The Morgan fingerprint density at radius 3 is 2.29 bits per heavy atom. The van der Waals surface area contributed by atoms with Crippen molar-refractivity contribution in [2.75, 3.05) is 25.0 Å². The van der Waals surface area contributed by atoms with Crippen LogP contribution in [0.15, 0.2) is 35.9 Å². The monoisotopic (exact) mass is 286 g/mol. The Kier molecular flexibility index (Phi) is 5.10. The number of hydrogen-bond donors (Lipinski definition) is 1. The average molecular weight is 286 g/mol. The van der Waals surface area contributed by atoms with Gasteiger partial charge in [0.25, 0.3) is 0 Å². The normalized spacial score (nSPS) is 17.6. The number of nitrogens with one attached hydrogen (secondary N) is 1. The molecule has 0 spiro atoms. The Labute approximate surface area is 130 Å². The van der Waals surface area contributed by atoms with Crippen molar-refractivity contribution in [2.45, 2.75) is 46.6 Å². The zero-order valence-corrected chi connectivity index (χ0v) is 14.2. The maximum atomic E-state index is 3.37. The van der Waals surface area contributed by atoms with E-state index in [0.29, 0.717) is 11.5 Å². The van der Waals surface area contributed by atoms with Crippen LogP contribution in [0.5, 0.6) is 0 Å². The van der Waals surface area contributed by atoms with E-state index in [1.54, 1.807) is 5.57 Å². The Hall–Kier alpha value is -1.28. The van der Waals surface area contributed by atoms with Crippen molar-refractivity contribution in [1.82, 2.24) is 5.32 Å². The molecule has 21 heavy (non-hydrogen) atoms. The molecule has 1 atom stereocenters. The van der Waals surface area contributed by atoms with Gasteiger partial charge in [-0.25, -0.2) is 0 Å². The summed E-state index contributed by atoms with van der Waals surface area (Å²) in [6.07, 6.45) is 4.72. The number of anilines is 1. The Bertz CT molecular complexity index is 475. The molecule has 116 valence electrons. The first-order valence-electron chi connectivity index (χ1n) is 8.17. The predicted octanol–water partition coefficient (Wildman–Crippen LogP) is 4.54. The molecule has 0 radical (unpaired) electrons. The highest BCUT2D eigenvalue weighted by molar-refractivity contribution is 5.50. The summed E-state index contributed by atoms with van der Waals surface area (Å²) in [5.41, 5.74) is 4.63. The molecule has 1 heterocycles. The number of nitrogens with zero attached hydrogens (tertiary/aromatic N) is 1. The lowest BCUT2D eigenvalue weighted by Gasteiger charge is -2.33. The summed E-state index contributed by atoms with van der Waals surface area (Å²) in [5.74, 6) is 0. The lowest BCUT2D eigenvalue weighted by atomic mass is 9.83. The molecule has 2 rings (SSSR count). The van der Waals surface area contributed by atoms with Crippen LogP contribution in [0.3, 0.4) is 0 Å². The van der Waals surface area contributed by atoms with Gasteiger partial charge in [0.15, 0.2) is 0 Å². The average Bonchev–Trinajstić information content (AvgIpc) is 2.48. The third kappa shape index (κ3) is 3.88. The lowest BCUT2D eigenvalue weighted by molar-refractivity contribution is 0.472. The van der Waals surface area contributed by atoms with Gasteiger partial charge in [0, 0.05) is 24.8 Å². The van der Waals surface area contributed by atoms with Crippen LogP contribution in [-0.4, -0.2) is 20.1 Å². The highest BCUT2D eigenvalue weighted by Crippen LogP contribution is 2.31. The summed E-state index contributed by atoms with van der Waals surface area (Å²) in [6.45, 7) is 11.3. The van der Waals surface area contributed by atoms with Gasteiger partial charge in [-0.2, -0.15) is 0 Å². The van der Waals surface area contributed by atoms with E-state index < -0.39 is 0 Å². The maximum absolute atomic E-state index is 3.37. The molecule has 0 aromatic heterocycles. The van der Waals surface area contributed by atoms with Gasteiger partial charge in [-0.15, -0.1) is 0 Å². The Morgan fingerprint density at radius 1 is 1.19 bits per heavy atom. The minimum atomic E-state index is 0.317. The molecule has 0 saturated carbocycles. The van der Waals surface area contributed by atoms with Crippen molar-refractivity contribution in [1.29, 1.82) is 0 Å². The number of benzene rings is 1. The van der Waals surface area contributed by atoms with E-state index in [4.69, 9.17) is 0 Å². The van der Waals surface area contributed by atoms with E-state index in [1.165, 1.54) is 17.7 Å². The standard InChI is InChI=1S/C19H30N2/c1-6-18(20-5)15-7-9-17(10-8-15)21-13-11-16(12-14-21)19(2,3)4/h7-11,18,20H,6,12-14H2,1-5H3. The van der Waals surface area contributed by atoms with Gasteiger partial charge in [-0.05, 0) is 43.0 Å². The first-order chi connectivity index (χ1) is 9.95. The van der Waals surface area contributed by atoms with Gasteiger partial charge in [-0.1, -0.05) is 51.5 Å². The van der Waals surface area contributed by atoms with E-state index in [2.05, 4.69) is 68.3 Å². The van der Waals surface area contributed by atoms with Gasteiger partial charge >= 0.3 is 0 Å². The van der Waals surface area contributed by atoms with Gasteiger partial charge in [0.1, 0.15) is 0 Å². The first kappa shape index (κ1) is 16.1. The topological polar surface area (TPSA) is 15.3 Å². The largest absolute Gasteiger partial charge is 0.367 e. The van der Waals surface area contributed by atoms with Crippen molar-refractivity contribution in [3.05, 3.63) is 41.5 Å². The molecule has 2 heteroatoms. The van der Waals surface area contributed by atoms with Crippen LogP contribution < -0.4 is 10.2 Å². The highest BCUT2D eigenvalue weighted by atomic mass is 15.1. The first-order valence-corrected chi connectivity index (χ1v) is 8.17. The molecule has 0 amide bonds. The molecule has 0 saturated heterocycles. The fraction of sp³-hybridized carbons (Fsp3) is 0.579. The fourth-order valence-corrected chi connectivity index (χ4v) is 3.11. The fourth-order valence-electron chi connectivity index (χ4n) is 3.11. The summed E-state index contributed by atoms with van der Waals surface area (Å²) in [6, 6.07) is 9.54. The highest BCUT2D eigenvalue weighted by Gasteiger charge is 2.21. The van der Waals surface area contributed by atoms with Crippen molar-refractivity contribution in [3.8, 4) is 0 Å². The summed E-state index contributed by atoms with van der Waals surface area (Å²) >= 11 is 0. The third-order valence-corrected chi connectivity index (χ3v) is 4.59. The molecule has 0 aliphatic carbocycles. The maximum Gasteiger partial charge on any atom is 0.0369 e. The smallest absolute Gasteiger partial charge is 0.0369 e. The lowest BCUT2D eigenvalue weighted by Crippen LogP contribution is -2.31. The molecule has 0 bridgehead atoms. The number of rotatable bonds is 4. The summed E-state index contributed by atoms with van der Waals surface area (Å²) < 4.78 is 0. The SMILES string of the molecule is CCC(NC)c1ccc(N2CC=C(C(C)(C)C)CC2)cc1. The van der Waals surface area contributed by atoms with Crippen molar-refractivity contribution in [2.24, 2.45) is 5.41 Å². The zero-order valence-electron chi connectivity index (χ0n) is 14.2.